The van der Waals surface area contributed by atoms with Crippen molar-refractivity contribution < 1.29 is 0 Å². The Bertz CT molecular complexity index is 714. The van der Waals surface area contributed by atoms with E-state index < -0.39 is 0 Å². The van der Waals surface area contributed by atoms with Gasteiger partial charge in [0.1, 0.15) is 0 Å². The van der Waals surface area contributed by atoms with Gasteiger partial charge in [-0.3, -0.25) is 0 Å². The number of hydrogen-bond donors (Lipinski definition) is 1. The number of nitrogens with zero attached hydrogens (tertiary/aromatic N) is 1. The Morgan fingerprint density at radius 3 is 2.25 bits per heavy atom. The maximum atomic E-state index is 4.03. The van der Waals surface area contributed by atoms with Crippen molar-refractivity contribution in [1.82, 2.24) is 0 Å². The zero-order chi connectivity index (χ0) is 21.2. The lowest BCUT2D eigenvalue weighted by Crippen LogP contribution is -2.47. The number of likely N-dealkylation sites (N-methyl/N-ethyl adjacent to an activating group) is 1. The second-order valence-electron chi connectivity index (χ2n) is 10.3. The zero-order valence-electron chi connectivity index (χ0n) is 19.6. The number of allylic oxidation sites excluding steroid dienone is 1. The van der Waals surface area contributed by atoms with E-state index in [0.29, 0.717) is 29.6 Å². The quantitative estimate of drug-likeness (QED) is 0.470. The van der Waals surface area contributed by atoms with Gasteiger partial charge in [-0.25, -0.2) is 0 Å². The molecule has 2 rings (SSSR count). The smallest absolute Gasteiger partial charge is 0.169 e. The summed E-state index contributed by atoms with van der Waals surface area (Å²) in [4.78, 5) is 2.51. The Balaban J connectivity index is 2.46. The first-order chi connectivity index (χ1) is 12.9. The van der Waals surface area contributed by atoms with Crippen LogP contribution in [-0.4, -0.2) is 25.9 Å². The van der Waals surface area contributed by atoms with E-state index in [0.717, 1.165) is 7.28 Å². The van der Waals surface area contributed by atoms with Crippen molar-refractivity contribution in [3.8, 4) is 0 Å². The second-order valence-corrected chi connectivity index (χ2v) is 10.3. The van der Waals surface area contributed by atoms with Gasteiger partial charge in [-0.05, 0) is 68.5 Å². The summed E-state index contributed by atoms with van der Waals surface area (Å²) in [6, 6.07) is 5.14. The molecule has 1 aliphatic rings. The summed E-state index contributed by atoms with van der Waals surface area (Å²) < 4.78 is 0. The molecule has 1 aliphatic carbocycles. The summed E-state index contributed by atoms with van der Waals surface area (Å²) >= 11 is 0. The van der Waals surface area contributed by atoms with E-state index in [2.05, 4.69) is 110 Å². The van der Waals surface area contributed by atoms with Crippen molar-refractivity contribution in [1.29, 1.82) is 0 Å². The third kappa shape index (κ3) is 5.24. The Labute approximate surface area is 174 Å². The fourth-order valence-corrected chi connectivity index (χ4v) is 4.06. The van der Waals surface area contributed by atoms with E-state index in [4.69, 9.17) is 0 Å². The number of nitrogens with one attached hydrogen (secondary N) is 1. The molecule has 0 saturated heterocycles. The maximum absolute atomic E-state index is 4.03. The van der Waals surface area contributed by atoms with Crippen LogP contribution >= 0.6 is 0 Å². The number of rotatable bonds is 8. The minimum Gasteiger partial charge on any atom is -0.381 e. The standard InChI is InChI=1S/C25H41BN2/c1-11-18(5)26-24-21(27-25(7,8)9)14-17(4)15-23(24)28(10)22-13-12-20(22)19(6)16(2)3/h11-16,18-20,22,26-27H,1H2,2-10H3/t18?,19?,20-,22?/m0/s1. The Hall–Kier alpha value is -1.64. The molecule has 0 fully saturated rings. The summed E-state index contributed by atoms with van der Waals surface area (Å²) in [6.07, 6.45) is 6.85. The first kappa shape index (κ1) is 22.7. The van der Waals surface area contributed by atoms with Gasteiger partial charge in [0.05, 0.1) is 6.04 Å². The molecule has 0 radical (unpaired) electrons. The lowest BCUT2D eigenvalue weighted by atomic mass is 9.58. The maximum Gasteiger partial charge on any atom is 0.169 e. The minimum atomic E-state index is 0.0286. The van der Waals surface area contributed by atoms with Gasteiger partial charge in [0, 0.05) is 29.9 Å². The Kier molecular flexibility index (Phi) is 7.12. The van der Waals surface area contributed by atoms with Crippen molar-refractivity contribution in [3.63, 3.8) is 0 Å². The van der Waals surface area contributed by atoms with E-state index in [1.165, 1.54) is 22.4 Å². The van der Waals surface area contributed by atoms with Gasteiger partial charge >= 0.3 is 0 Å². The first-order valence-corrected chi connectivity index (χ1v) is 10.9. The van der Waals surface area contributed by atoms with Crippen LogP contribution < -0.4 is 15.7 Å². The van der Waals surface area contributed by atoms with Crippen molar-refractivity contribution in [2.24, 2.45) is 17.8 Å². The molecule has 0 spiro atoms. The lowest BCUT2D eigenvalue weighted by molar-refractivity contribution is 0.281. The number of hydrogen-bond acceptors (Lipinski definition) is 2. The van der Waals surface area contributed by atoms with Crippen LogP contribution in [0.15, 0.2) is 36.9 Å². The third-order valence-electron chi connectivity index (χ3n) is 6.22. The molecule has 0 aromatic heterocycles. The van der Waals surface area contributed by atoms with Gasteiger partial charge in [0.15, 0.2) is 7.28 Å². The fraction of sp³-hybridized carbons (Fsp3) is 0.600. The molecule has 1 aromatic rings. The van der Waals surface area contributed by atoms with Gasteiger partial charge in [0.2, 0.25) is 0 Å². The van der Waals surface area contributed by atoms with Crippen LogP contribution in [-0.2, 0) is 0 Å². The summed E-state index contributed by atoms with van der Waals surface area (Å²) in [5, 5.41) is 3.76. The molecule has 28 heavy (non-hydrogen) atoms. The molecular formula is C25H41BN2. The Morgan fingerprint density at radius 1 is 1.14 bits per heavy atom. The molecule has 4 atom stereocenters. The summed E-state index contributed by atoms with van der Waals surface area (Å²) in [5.74, 6) is 2.44. The number of benzene rings is 1. The highest BCUT2D eigenvalue weighted by Crippen LogP contribution is 2.36. The van der Waals surface area contributed by atoms with Crippen LogP contribution in [0.5, 0.6) is 0 Å². The van der Waals surface area contributed by atoms with Gasteiger partial charge in [-0.2, -0.15) is 0 Å². The highest BCUT2D eigenvalue weighted by Gasteiger charge is 2.34. The van der Waals surface area contributed by atoms with Gasteiger partial charge in [0.25, 0.3) is 0 Å². The van der Waals surface area contributed by atoms with E-state index >= 15 is 0 Å². The summed E-state index contributed by atoms with van der Waals surface area (Å²) in [7, 11) is 3.27. The number of aryl methyl sites for hydroxylation is 1. The fourth-order valence-electron chi connectivity index (χ4n) is 4.06. The molecule has 154 valence electrons. The highest BCUT2D eigenvalue weighted by molar-refractivity contribution is 6.59. The highest BCUT2D eigenvalue weighted by atomic mass is 15.1. The molecule has 0 bridgehead atoms. The van der Waals surface area contributed by atoms with E-state index in [9.17, 15) is 0 Å². The summed E-state index contributed by atoms with van der Waals surface area (Å²) in [6.45, 7) is 22.2. The minimum absolute atomic E-state index is 0.0286. The average Bonchev–Trinajstić information content (AvgIpc) is 2.53. The zero-order valence-corrected chi connectivity index (χ0v) is 19.6. The third-order valence-corrected chi connectivity index (χ3v) is 6.22. The van der Waals surface area contributed by atoms with Crippen LogP contribution in [0.25, 0.3) is 0 Å². The summed E-state index contributed by atoms with van der Waals surface area (Å²) in [5.41, 5.74) is 5.36. The van der Waals surface area contributed by atoms with Crippen LogP contribution in [0.4, 0.5) is 11.4 Å². The molecule has 3 unspecified atom stereocenters. The van der Waals surface area contributed by atoms with Crippen molar-refractivity contribution in [2.45, 2.75) is 72.8 Å². The number of anilines is 2. The van der Waals surface area contributed by atoms with Crippen molar-refractivity contribution in [2.75, 3.05) is 17.3 Å². The molecule has 3 heteroatoms. The molecule has 0 saturated carbocycles. The normalized spacial score (nSPS) is 21.1. The molecule has 2 nitrogen and oxygen atoms in total. The molecular weight excluding hydrogens is 339 g/mol. The molecule has 1 N–H and O–H groups in total. The lowest BCUT2D eigenvalue weighted by Gasteiger charge is -2.43. The van der Waals surface area contributed by atoms with E-state index in [-0.39, 0.29) is 5.54 Å². The van der Waals surface area contributed by atoms with Gasteiger partial charge in [-0.1, -0.05) is 45.9 Å². The van der Waals surface area contributed by atoms with Crippen molar-refractivity contribution in [3.05, 3.63) is 42.5 Å². The van der Waals surface area contributed by atoms with Crippen LogP contribution in [0.3, 0.4) is 0 Å². The SMILES string of the molecule is C=CC(C)Bc1c(NC(C)(C)C)cc(C)cc1N(C)C1C=C[C@H]1C(C)C(C)C. The first-order valence-electron chi connectivity index (χ1n) is 10.9. The van der Waals surface area contributed by atoms with Gasteiger partial charge in [-0.15, -0.1) is 6.58 Å². The molecule has 1 aromatic carbocycles. The van der Waals surface area contributed by atoms with Crippen LogP contribution in [0.2, 0.25) is 5.82 Å². The van der Waals surface area contributed by atoms with E-state index in [1.807, 2.05) is 0 Å². The van der Waals surface area contributed by atoms with Crippen LogP contribution in [0, 0.1) is 24.7 Å². The topological polar surface area (TPSA) is 15.3 Å². The monoisotopic (exact) mass is 380 g/mol. The van der Waals surface area contributed by atoms with Crippen molar-refractivity contribution >= 4 is 24.1 Å². The molecule has 0 aliphatic heterocycles. The van der Waals surface area contributed by atoms with Crippen LogP contribution in [0.1, 0.15) is 54.0 Å². The van der Waals surface area contributed by atoms with E-state index in [1.54, 1.807) is 0 Å². The Morgan fingerprint density at radius 2 is 1.79 bits per heavy atom. The van der Waals surface area contributed by atoms with Gasteiger partial charge < -0.3 is 10.2 Å². The average molecular weight is 380 g/mol. The largest absolute Gasteiger partial charge is 0.381 e. The molecule has 0 amide bonds. The predicted octanol–water partition coefficient (Wildman–Crippen LogP) is 5.54. The molecule has 0 heterocycles. The second kappa shape index (κ2) is 8.80. The predicted molar refractivity (Wildman–Crippen MR) is 130 cm³/mol.